The molecule has 0 fully saturated rings. The van der Waals surface area contributed by atoms with Gasteiger partial charge in [0, 0.05) is 0 Å². The molecule has 1 heteroatoms. The van der Waals surface area contributed by atoms with Crippen LogP contribution in [0.5, 0.6) is 0 Å². The number of rotatable bonds is 1. The van der Waals surface area contributed by atoms with Crippen LogP contribution in [-0.2, 0) is 24.2 Å². The zero-order valence-electron chi connectivity index (χ0n) is 13.4. The van der Waals surface area contributed by atoms with Crippen LogP contribution in [0.4, 0.5) is 0 Å². The van der Waals surface area contributed by atoms with Crippen molar-refractivity contribution >= 4 is 14.0 Å². The van der Waals surface area contributed by atoms with Crippen molar-refractivity contribution in [2.75, 3.05) is 0 Å². The summed E-state index contributed by atoms with van der Waals surface area (Å²) >= 11 is 1.55. The molecule has 3 aromatic rings. The molecule has 0 saturated carbocycles. The quantitative estimate of drug-likeness (QED) is 0.482. The summed E-state index contributed by atoms with van der Waals surface area (Å²) in [5.41, 5.74) is 1.44. The van der Waals surface area contributed by atoms with Crippen molar-refractivity contribution < 1.29 is 24.2 Å². The van der Waals surface area contributed by atoms with Crippen molar-refractivity contribution in [2.24, 2.45) is 0 Å². The smallest absolute Gasteiger partial charge is 0.0809 e. The van der Waals surface area contributed by atoms with Gasteiger partial charge in [-0.1, -0.05) is 25.8 Å². The van der Waals surface area contributed by atoms with E-state index in [0.717, 1.165) is 0 Å². The van der Waals surface area contributed by atoms with E-state index in [-0.39, 0.29) is 0 Å². The summed E-state index contributed by atoms with van der Waals surface area (Å²) in [5, 5.41) is 2.66. The van der Waals surface area contributed by atoms with Crippen LogP contribution >= 0.6 is 0 Å². The van der Waals surface area contributed by atoms with Gasteiger partial charge in [-0.25, -0.2) is 6.07 Å². The van der Waals surface area contributed by atoms with E-state index in [2.05, 4.69) is 94.4 Å². The van der Waals surface area contributed by atoms with Crippen molar-refractivity contribution in [1.82, 2.24) is 0 Å². The van der Waals surface area contributed by atoms with Gasteiger partial charge in [0.1, 0.15) is 0 Å². The zero-order valence-corrected chi connectivity index (χ0v) is 15.9. The standard InChI is InChI=1S/C9H7.C8H11.C3H6.Zr/c1-2-5-9-7-3-6-8(9)4-1;1-7(2)8-5-3-4-6-8;1-3-2;/h1-7H;3-7H,1-2H3;1-2H3;/q2*-1;;+2. The van der Waals surface area contributed by atoms with Gasteiger partial charge in [-0.05, 0) is 0 Å². The van der Waals surface area contributed by atoms with Crippen LogP contribution in [0.2, 0.25) is 0 Å². The van der Waals surface area contributed by atoms with Crippen molar-refractivity contribution in [1.29, 1.82) is 0 Å². The Bertz CT molecular complexity index is 592. The summed E-state index contributed by atoms with van der Waals surface area (Å²) in [4.78, 5) is 0. The Balaban J connectivity index is 0.000000171. The van der Waals surface area contributed by atoms with Crippen LogP contribution in [-0.4, -0.2) is 3.21 Å². The molecule has 0 aliphatic carbocycles. The first-order valence-electron chi connectivity index (χ1n) is 7.34. The second-order valence-electron chi connectivity index (χ2n) is 5.53. The molecule has 0 aliphatic heterocycles. The molecule has 0 amide bonds. The third-order valence-electron chi connectivity index (χ3n) is 2.90. The summed E-state index contributed by atoms with van der Waals surface area (Å²) in [7, 11) is 0. The monoisotopic (exact) mass is 354 g/mol. The molecule has 0 heterocycles. The van der Waals surface area contributed by atoms with Crippen LogP contribution in [0.15, 0.2) is 66.7 Å². The van der Waals surface area contributed by atoms with E-state index in [9.17, 15) is 0 Å². The van der Waals surface area contributed by atoms with Gasteiger partial charge in [-0.3, -0.25) is 0 Å². The van der Waals surface area contributed by atoms with Crippen LogP contribution in [0, 0.1) is 0 Å². The van der Waals surface area contributed by atoms with Crippen molar-refractivity contribution in [3.05, 3.63) is 72.3 Å². The van der Waals surface area contributed by atoms with Gasteiger partial charge in [0.15, 0.2) is 0 Å². The largest absolute Gasteiger partial charge is 0.168 e. The molecule has 108 valence electrons. The Kier molecular flexibility index (Phi) is 8.39. The number of hydrogen-bond donors (Lipinski definition) is 0. The third kappa shape index (κ3) is 7.48. The van der Waals surface area contributed by atoms with E-state index in [0.29, 0.717) is 5.92 Å². The molecule has 0 radical (unpaired) electrons. The van der Waals surface area contributed by atoms with Crippen LogP contribution in [0.3, 0.4) is 0 Å². The maximum absolute atomic E-state index is 2.20. The molecule has 0 spiro atoms. The SMILES string of the molecule is CC(C)c1cc[cH-]c1.C[C](C)=[Zr+2].c1ccc2[cH-]ccc2c1. The Hall–Kier alpha value is -1.07. The van der Waals surface area contributed by atoms with E-state index >= 15 is 0 Å². The molecule has 0 aromatic heterocycles. The maximum atomic E-state index is 2.20. The normalized spacial score (nSPS) is 9.67. The molecular formula is C20H24Zr. The second kappa shape index (κ2) is 9.79. The second-order valence-corrected chi connectivity index (χ2v) is 7.99. The van der Waals surface area contributed by atoms with Gasteiger partial charge in [-0.2, -0.15) is 41.3 Å². The Morgan fingerprint density at radius 2 is 1.67 bits per heavy atom. The number of benzene rings is 1. The minimum atomic E-state index is 0.685. The molecule has 0 nitrogen and oxygen atoms in total. The van der Waals surface area contributed by atoms with Gasteiger partial charge in [-0.15, -0.1) is 29.7 Å². The fourth-order valence-electron chi connectivity index (χ4n) is 1.84. The Morgan fingerprint density at radius 1 is 1.00 bits per heavy atom. The van der Waals surface area contributed by atoms with Gasteiger partial charge in [0.25, 0.3) is 0 Å². The summed E-state index contributed by atoms with van der Waals surface area (Å²) in [6.45, 7) is 8.65. The number of fused-ring (bicyclic) bond motifs is 1. The fourth-order valence-corrected chi connectivity index (χ4v) is 1.84. The van der Waals surface area contributed by atoms with E-state index in [1.165, 1.54) is 19.5 Å². The van der Waals surface area contributed by atoms with Crippen LogP contribution < -0.4 is 0 Å². The molecule has 0 unspecified atom stereocenters. The average molecular weight is 356 g/mol. The van der Waals surface area contributed by atoms with Crippen molar-refractivity contribution in [2.45, 2.75) is 33.6 Å². The predicted octanol–water partition coefficient (Wildman–Crippen LogP) is 5.83. The van der Waals surface area contributed by atoms with Gasteiger partial charge in [0.05, 0.1) is 0 Å². The maximum Gasteiger partial charge on any atom is -0.0809 e. The molecule has 0 atom stereocenters. The summed E-state index contributed by atoms with van der Waals surface area (Å²) < 4.78 is 1.51. The summed E-state index contributed by atoms with van der Waals surface area (Å²) in [5.74, 6) is 0.685. The van der Waals surface area contributed by atoms with Gasteiger partial charge in [0.2, 0.25) is 0 Å². The summed E-state index contributed by atoms with van der Waals surface area (Å²) in [6.07, 6.45) is 0. The Labute approximate surface area is 143 Å². The Morgan fingerprint density at radius 3 is 2.14 bits per heavy atom. The van der Waals surface area contributed by atoms with Crippen molar-refractivity contribution in [3.8, 4) is 0 Å². The predicted molar refractivity (Wildman–Crippen MR) is 92.0 cm³/mol. The minimum absolute atomic E-state index is 0.685. The molecule has 3 rings (SSSR count). The van der Waals surface area contributed by atoms with Crippen LogP contribution in [0.25, 0.3) is 10.8 Å². The van der Waals surface area contributed by atoms with E-state index in [4.69, 9.17) is 0 Å². The van der Waals surface area contributed by atoms with E-state index < -0.39 is 0 Å². The summed E-state index contributed by atoms with van der Waals surface area (Å²) in [6, 6.07) is 23.1. The third-order valence-corrected chi connectivity index (χ3v) is 2.90. The molecule has 0 saturated heterocycles. The molecule has 0 aliphatic rings. The minimum Gasteiger partial charge on any atom is -0.168 e. The topological polar surface area (TPSA) is 0 Å². The fraction of sp³-hybridized carbons (Fsp3) is 0.250. The first-order valence-corrected chi connectivity index (χ1v) is 8.57. The zero-order chi connectivity index (χ0) is 15.7. The molecule has 21 heavy (non-hydrogen) atoms. The molecule has 0 N–H and O–H groups in total. The van der Waals surface area contributed by atoms with Crippen LogP contribution in [0.1, 0.15) is 39.2 Å². The first kappa shape index (κ1) is 18.0. The molecule has 3 aromatic carbocycles. The molecular weight excluding hydrogens is 331 g/mol. The van der Waals surface area contributed by atoms with Gasteiger partial charge < -0.3 is 0 Å². The molecule has 0 bridgehead atoms. The van der Waals surface area contributed by atoms with Gasteiger partial charge >= 0.3 is 41.3 Å². The average Bonchev–Trinajstić information content (AvgIpc) is 3.10. The van der Waals surface area contributed by atoms with E-state index in [1.54, 1.807) is 24.2 Å². The number of hydrogen-bond acceptors (Lipinski definition) is 0. The van der Waals surface area contributed by atoms with Crippen molar-refractivity contribution in [3.63, 3.8) is 0 Å². The van der Waals surface area contributed by atoms with E-state index in [1.807, 2.05) is 0 Å². The first-order chi connectivity index (χ1) is 10.0.